The third kappa shape index (κ3) is 2.53. The van der Waals surface area contributed by atoms with Gasteiger partial charge in [-0.25, -0.2) is 4.99 Å². The van der Waals surface area contributed by atoms with Crippen LogP contribution in [0.4, 0.5) is 5.69 Å². The first-order chi connectivity index (χ1) is 11.6. The molecule has 24 heavy (non-hydrogen) atoms. The van der Waals surface area contributed by atoms with Crippen molar-refractivity contribution in [3.8, 4) is 11.8 Å². The summed E-state index contributed by atoms with van der Waals surface area (Å²) in [7, 11) is 1.46. The van der Waals surface area contributed by atoms with Crippen LogP contribution < -0.4 is 4.74 Å². The molecule has 2 aromatic carbocycles. The van der Waals surface area contributed by atoms with E-state index in [0.717, 1.165) is 0 Å². The fourth-order valence-corrected chi connectivity index (χ4v) is 2.66. The fourth-order valence-electron chi connectivity index (χ4n) is 2.49. The van der Waals surface area contributed by atoms with Crippen molar-refractivity contribution in [2.75, 3.05) is 7.11 Å². The van der Waals surface area contributed by atoms with Gasteiger partial charge in [-0.3, -0.25) is 4.79 Å². The van der Waals surface area contributed by atoms with Gasteiger partial charge in [-0.05, 0) is 18.2 Å². The van der Waals surface area contributed by atoms with Crippen LogP contribution in [0.1, 0.15) is 15.9 Å². The van der Waals surface area contributed by atoms with Gasteiger partial charge in [0.05, 0.1) is 7.11 Å². The first-order valence-electron chi connectivity index (χ1n) is 6.97. The Hall–Kier alpha value is -3.10. The predicted molar refractivity (Wildman–Crippen MR) is 91.0 cm³/mol. The number of aliphatic hydroxyl groups excluding tert-OH is 1. The van der Waals surface area contributed by atoms with Gasteiger partial charge in [0.15, 0.2) is 11.5 Å². The first kappa shape index (κ1) is 15.8. The second kappa shape index (κ2) is 6.19. The van der Waals surface area contributed by atoms with E-state index in [9.17, 15) is 15.2 Å². The molecule has 0 aliphatic heterocycles. The molecule has 2 aromatic rings. The van der Waals surface area contributed by atoms with Crippen LogP contribution >= 0.6 is 11.6 Å². The minimum Gasteiger partial charge on any atom is -0.506 e. The average molecular weight is 339 g/mol. The van der Waals surface area contributed by atoms with Crippen molar-refractivity contribution in [3.63, 3.8) is 0 Å². The Morgan fingerprint density at radius 2 is 1.96 bits per heavy atom. The molecule has 1 aliphatic carbocycles. The first-order valence-corrected chi connectivity index (χ1v) is 7.34. The molecule has 0 unspecified atom stereocenters. The Morgan fingerprint density at radius 3 is 2.58 bits per heavy atom. The van der Waals surface area contributed by atoms with Crippen molar-refractivity contribution >= 4 is 34.5 Å². The Balaban J connectivity index is 2.15. The van der Waals surface area contributed by atoms with Gasteiger partial charge in [0.2, 0.25) is 0 Å². The fraction of sp³-hybridized carbons (Fsp3) is 0.0556. The standard InChI is InChI=1S/C18H11ClN2O3/c1-24-15-7-6-10(19)8-13(15)21-14(9-20)16-17(22)11-4-2-3-5-12(11)18(16)23/h2-8,22H,1H3. The third-order valence-corrected chi connectivity index (χ3v) is 3.84. The zero-order chi connectivity index (χ0) is 17.3. The lowest BCUT2D eigenvalue weighted by molar-refractivity contribution is 0.104. The van der Waals surface area contributed by atoms with Gasteiger partial charge in [0.1, 0.15) is 28.8 Å². The van der Waals surface area contributed by atoms with E-state index in [1.54, 1.807) is 36.4 Å². The Bertz CT molecular complexity index is 955. The number of aliphatic imine (C=N–C) groups is 1. The highest BCUT2D eigenvalue weighted by atomic mass is 35.5. The van der Waals surface area contributed by atoms with Crippen LogP contribution in [0.5, 0.6) is 5.75 Å². The third-order valence-electron chi connectivity index (χ3n) is 3.61. The monoisotopic (exact) mass is 338 g/mol. The average Bonchev–Trinajstić information content (AvgIpc) is 2.85. The number of Topliss-reactive ketones (excluding diaryl/α,β-unsaturated/α-hetero) is 1. The summed E-state index contributed by atoms with van der Waals surface area (Å²) >= 11 is 5.95. The number of methoxy groups -OCH3 is 1. The van der Waals surface area contributed by atoms with Gasteiger partial charge in [-0.15, -0.1) is 0 Å². The number of ether oxygens (including phenoxy) is 1. The molecule has 0 saturated heterocycles. The lowest BCUT2D eigenvalue weighted by Crippen LogP contribution is -2.09. The topological polar surface area (TPSA) is 82.7 Å². The van der Waals surface area contributed by atoms with E-state index in [1.807, 2.05) is 6.07 Å². The van der Waals surface area contributed by atoms with Crippen LogP contribution in [-0.4, -0.2) is 23.7 Å². The molecule has 118 valence electrons. The van der Waals surface area contributed by atoms with Gasteiger partial charge in [-0.1, -0.05) is 35.9 Å². The van der Waals surface area contributed by atoms with Gasteiger partial charge in [-0.2, -0.15) is 5.26 Å². The molecule has 0 amide bonds. The van der Waals surface area contributed by atoms with Crippen molar-refractivity contribution < 1.29 is 14.6 Å². The maximum Gasteiger partial charge on any atom is 0.200 e. The van der Waals surface area contributed by atoms with Crippen molar-refractivity contribution in [2.45, 2.75) is 0 Å². The lowest BCUT2D eigenvalue weighted by Gasteiger charge is -2.06. The normalized spacial score (nSPS) is 13.7. The van der Waals surface area contributed by atoms with Crippen LogP contribution in [0.2, 0.25) is 5.02 Å². The molecular weight excluding hydrogens is 328 g/mol. The number of ketones is 1. The summed E-state index contributed by atoms with van der Waals surface area (Å²) in [5, 5.41) is 20.2. The van der Waals surface area contributed by atoms with Gasteiger partial charge >= 0.3 is 0 Å². The van der Waals surface area contributed by atoms with Crippen LogP contribution in [0.15, 0.2) is 53.0 Å². The van der Waals surface area contributed by atoms with Crippen molar-refractivity contribution in [1.29, 1.82) is 5.26 Å². The highest BCUT2D eigenvalue weighted by Crippen LogP contribution is 2.35. The minimum absolute atomic E-state index is 0.124. The summed E-state index contributed by atoms with van der Waals surface area (Å²) in [5.41, 5.74) is 0.699. The molecule has 0 aromatic heterocycles. The molecule has 0 spiro atoms. The van der Waals surface area contributed by atoms with E-state index in [2.05, 4.69) is 4.99 Å². The summed E-state index contributed by atoms with van der Waals surface area (Å²) in [5.74, 6) is -0.295. The van der Waals surface area contributed by atoms with E-state index < -0.39 is 5.78 Å². The van der Waals surface area contributed by atoms with E-state index in [-0.39, 0.29) is 17.0 Å². The number of nitrogens with zero attached hydrogens (tertiary/aromatic N) is 2. The number of hydrogen-bond acceptors (Lipinski definition) is 5. The Kier molecular flexibility index (Phi) is 4.07. The second-order valence-corrected chi connectivity index (χ2v) is 5.42. The highest BCUT2D eigenvalue weighted by molar-refractivity contribution is 6.39. The molecule has 0 radical (unpaired) electrons. The molecule has 3 rings (SSSR count). The number of halogens is 1. The summed E-state index contributed by atoms with van der Waals surface area (Å²) < 4.78 is 5.19. The van der Waals surface area contributed by atoms with E-state index in [1.165, 1.54) is 13.2 Å². The maximum atomic E-state index is 12.5. The Labute approximate surface area is 143 Å². The van der Waals surface area contributed by atoms with Gasteiger partial charge in [0, 0.05) is 16.1 Å². The largest absolute Gasteiger partial charge is 0.506 e. The summed E-state index contributed by atoms with van der Waals surface area (Å²) in [6, 6.07) is 13.2. The molecule has 0 fully saturated rings. The molecule has 0 bridgehead atoms. The predicted octanol–water partition coefficient (Wildman–Crippen LogP) is 4.11. The molecule has 6 heteroatoms. The number of hydrogen-bond donors (Lipinski definition) is 1. The number of aliphatic hydroxyl groups is 1. The number of fused-ring (bicyclic) bond motifs is 1. The number of nitriles is 1. The van der Waals surface area contributed by atoms with Crippen LogP contribution in [-0.2, 0) is 0 Å². The number of allylic oxidation sites excluding steroid dienone is 1. The molecule has 1 aliphatic rings. The summed E-state index contributed by atoms with van der Waals surface area (Å²) in [4.78, 5) is 16.7. The quantitative estimate of drug-likeness (QED) is 0.854. The number of benzene rings is 2. The van der Waals surface area contributed by atoms with Gasteiger partial charge in [0.25, 0.3) is 0 Å². The van der Waals surface area contributed by atoms with Gasteiger partial charge < -0.3 is 9.84 Å². The second-order valence-electron chi connectivity index (χ2n) is 4.99. The van der Waals surface area contributed by atoms with Crippen molar-refractivity contribution in [2.24, 2.45) is 4.99 Å². The minimum atomic E-state index is -0.440. The lowest BCUT2D eigenvalue weighted by atomic mass is 10.1. The zero-order valence-corrected chi connectivity index (χ0v) is 13.3. The van der Waals surface area contributed by atoms with E-state index in [4.69, 9.17) is 16.3 Å². The smallest absolute Gasteiger partial charge is 0.200 e. The summed E-state index contributed by atoms with van der Waals surface area (Å²) in [6.07, 6.45) is 0. The molecule has 0 atom stereocenters. The number of carbonyl (C=O) groups is 1. The zero-order valence-electron chi connectivity index (χ0n) is 12.6. The van der Waals surface area contributed by atoms with Crippen molar-refractivity contribution in [1.82, 2.24) is 0 Å². The van der Waals surface area contributed by atoms with Crippen LogP contribution in [0, 0.1) is 11.3 Å². The highest BCUT2D eigenvalue weighted by Gasteiger charge is 2.32. The molecule has 1 N–H and O–H groups in total. The number of carbonyl (C=O) groups excluding carboxylic acids is 1. The molecule has 0 saturated carbocycles. The van der Waals surface area contributed by atoms with E-state index in [0.29, 0.717) is 27.6 Å². The van der Waals surface area contributed by atoms with Crippen molar-refractivity contribution in [3.05, 3.63) is 64.2 Å². The summed E-state index contributed by atoms with van der Waals surface area (Å²) in [6.45, 7) is 0. The van der Waals surface area contributed by atoms with E-state index >= 15 is 0 Å². The maximum absolute atomic E-state index is 12.5. The molecule has 5 nitrogen and oxygen atoms in total. The van der Waals surface area contributed by atoms with Crippen LogP contribution in [0.25, 0.3) is 5.76 Å². The Morgan fingerprint density at radius 1 is 1.25 bits per heavy atom. The van der Waals surface area contributed by atoms with Crippen LogP contribution in [0.3, 0.4) is 0 Å². The SMILES string of the molecule is COc1ccc(Cl)cc1N=C(C#N)C1=C(O)c2ccccc2C1=O. The number of rotatable bonds is 3. The molecule has 0 heterocycles. The molecular formula is C18H11ClN2O3.